The smallest absolute Gasteiger partial charge is 0.335 e. The van der Waals surface area contributed by atoms with E-state index in [1.165, 1.54) is 0 Å². The molecule has 0 aromatic heterocycles. The Kier molecular flexibility index (Phi) is 62.1. The van der Waals surface area contributed by atoms with Gasteiger partial charge in [-0.2, -0.15) is 13.8 Å². The molecule has 0 fully saturated rings. The summed E-state index contributed by atoms with van der Waals surface area (Å²) in [6.07, 6.45) is 2.00. The molecule has 0 unspecified atom stereocenters. The summed E-state index contributed by atoms with van der Waals surface area (Å²) in [5.74, 6) is 0. The van der Waals surface area contributed by atoms with Gasteiger partial charge in [-0.3, -0.25) is 0 Å². The molecule has 0 atom stereocenters. The molecule has 38 valence electrons. The van der Waals surface area contributed by atoms with Gasteiger partial charge in [0, 0.05) is 0 Å². The molecule has 2 nitrogen and oxygen atoms in total. The average Bonchev–Trinajstić information content (AvgIpc) is 1.39. The van der Waals surface area contributed by atoms with E-state index >= 15 is 0 Å². The first kappa shape index (κ1) is 15.7. The Morgan fingerprint density at radius 3 is 1.57 bits per heavy atom. The van der Waals surface area contributed by atoms with Crippen LogP contribution in [-0.2, 0) is 4.57 Å². The van der Waals surface area contributed by atoms with Gasteiger partial charge in [0.15, 0.2) is 0 Å². The maximum Gasteiger partial charge on any atom is 1.00 e. The minimum atomic E-state index is -0.833. The molecule has 0 aliphatic carbocycles. The fraction of sp³-hybridized carbons (Fsp3) is 0.667. The number of hydrogen-bond acceptors (Lipinski definition) is 1. The molecular weight excluding hydrogens is 122 g/mol. The van der Waals surface area contributed by atoms with E-state index in [2.05, 4.69) is 0 Å². The first-order valence-electron chi connectivity index (χ1n) is 1.54. The fourth-order valence-corrected chi connectivity index (χ4v) is 0. The van der Waals surface area contributed by atoms with Crippen molar-refractivity contribution in [1.82, 2.24) is 0 Å². The zero-order valence-corrected chi connectivity index (χ0v) is 7.77. The van der Waals surface area contributed by atoms with E-state index in [1.54, 1.807) is 0 Å². The van der Waals surface area contributed by atoms with Crippen molar-refractivity contribution in [2.45, 2.75) is 13.8 Å². The normalized spacial score (nSPS) is 5.57. The van der Waals surface area contributed by atoms with Crippen molar-refractivity contribution in [2.24, 2.45) is 0 Å². The third-order valence-electron chi connectivity index (χ3n) is 0. The quantitative estimate of drug-likeness (QED) is 0.244. The maximum atomic E-state index is 8.46. The summed E-state index contributed by atoms with van der Waals surface area (Å²) in [6.45, 7) is 4.00. The molecule has 0 aromatic rings. The summed E-state index contributed by atoms with van der Waals surface area (Å²) in [4.78, 5) is 6.99. The summed E-state index contributed by atoms with van der Waals surface area (Å²) in [5, 5.41) is 0. The topological polar surface area (TPSA) is 37.3 Å². The van der Waals surface area contributed by atoms with Gasteiger partial charge in [-0.25, -0.2) is 4.57 Å². The maximum absolute atomic E-state index is 8.46. The van der Waals surface area contributed by atoms with Crippen LogP contribution in [0.1, 0.15) is 13.8 Å². The molecule has 0 aliphatic heterocycles. The van der Waals surface area contributed by atoms with E-state index in [0.717, 1.165) is 0 Å². The Bertz CT molecular complexity index is 26.9. The van der Waals surface area contributed by atoms with Crippen molar-refractivity contribution in [3.05, 3.63) is 6.42 Å². The van der Waals surface area contributed by atoms with Crippen molar-refractivity contribution in [2.75, 3.05) is 0 Å². The van der Waals surface area contributed by atoms with Gasteiger partial charge in [0.25, 0.3) is 0 Å². The summed E-state index contributed by atoms with van der Waals surface area (Å²) in [7, 11) is -0.833. The monoisotopic (exact) mass is 130 g/mol. The van der Waals surface area contributed by atoms with Gasteiger partial charge < -0.3 is 11.3 Å². The van der Waals surface area contributed by atoms with Crippen LogP contribution in [0.15, 0.2) is 0 Å². The van der Waals surface area contributed by atoms with Crippen LogP contribution in [0.2, 0.25) is 0 Å². The number of hydrogen-bond donors (Lipinski definition) is 1. The van der Waals surface area contributed by atoms with Crippen LogP contribution in [-0.4, -0.2) is 4.89 Å². The summed E-state index contributed by atoms with van der Waals surface area (Å²) < 4.78 is 8.46. The standard InChI is InChI=1S/C3H7.Na.HO2P/c1-3-2;;1-3-2/h3H,1-2H3;;(H,1,2)/q-1;+1;. The van der Waals surface area contributed by atoms with E-state index < -0.39 is 8.69 Å². The zero-order valence-electron chi connectivity index (χ0n) is 4.88. The molecule has 0 rings (SSSR count). The third-order valence-corrected chi connectivity index (χ3v) is 0. The Balaban J connectivity index is -0.0000000400. The van der Waals surface area contributed by atoms with Crippen LogP contribution in [0.4, 0.5) is 0 Å². The average molecular weight is 130 g/mol. The summed E-state index contributed by atoms with van der Waals surface area (Å²) in [5.41, 5.74) is 0. The Labute approximate surface area is 67.9 Å². The van der Waals surface area contributed by atoms with Gasteiger partial charge in [0.1, 0.15) is 0 Å². The predicted molar refractivity (Wildman–Crippen MR) is 25.5 cm³/mol. The van der Waals surface area contributed by atoms with Crippen LogP contribution in [0, 0.1) is 6.42 Å². The molecule has 7 heavy (non-hydrogen) atoms. The second-order valence-corrected chi connectivity index (χ2v) is 0.822. The van der Waals surface area contributed by atoms with E-state index in [0.29, 0.717) is 0 Å². The van der Waals surface area contributed by atoms with E-state index in [1.807, 2.05) is 20.3 Å². The van der Waals surface area contributed by atoms with Gasteiger partial charge >= 0.3 is 38.2 Å². The molecule has 0 aromatic carbocycles. The Morgan fingerprint density at radius 1 is 1.57 bits per heavy atom. The van der Waals surface area contributed by atoms with Crippen molar-refractivity contribution in [1.29, 1.82) is 0 Å². The van der Waals surface area contributed by atoms with E-state index in [-0.39, 0.29) is 29.6 Å². The van der Waals surface area contributed by atoms with Gasteiger partial charge in [-0.15, -0.1) is 0 Å². The minimum Gasteiger partial charge on any atom is -0.335 e. The Morgan fingerprint density at radius 2 is 1.57 bits per heavy atom. The molecule has 4 heteroatoms. The summed E-state index contributed by atoms with van der Waals surface area (Å²) >= 11 is 0. The van der Waals surface area contributed by atoms with Crippen LogP contribution in [0.3, 0.4) is 0 Å². The molecule has 0 saturated carbocycles. The first-order chi connectivity index (χ1) is 2.83. The van der Waals surface area contributed by atoms with Gasteiger partial charge in [-0.1, -0.05) is 0 Å². The molecule has 0 spiro atoms. The number of rotatable bonds is 0. The molecule has 0 radical (unpaired) electrons. The SMILES string of the molecule is C[CH-]C.O=PO.[Na+]. The molecule has 0 aliphatic rings. The van der Waals surface area contributed by atoms with Crippen LogP contribution >= 0.6 is 8.69 Å². The molecule has 0 saturated heterocycles. The molecule has 0 heterocycles. The molecule has 0 amide bonds. The molecule has 1 N–H and O–H groups in total. The zero-order chi connectivity index (χ0) is 5.41. The van der Waals surface area contributed by atoms with Crippen molar-refractivity contribution in [3.63, 3.8) is 0 Å². The van der Waals surface area contributed by atoms with Gasteiger partial charge in [0.2, 0.25) is 0 Å². The molecular formula is C3H8NaO2P. The second kappa shape index (κ2) is 27.7. The largest absolute Gasteiger partial charge is 1.00 e. The van der Waals surface area contributed by atoms with Crippen molar-refractivity contribution in [3.8, 4) is 0 Å². The molecule has 0 bridgehead atoms. The second-order valence-electron chi connectivity index (χ2n) is 0.659. The predicted octanol–water partition coefficient (Wildman–Crippen LogP) is -1.58. The van der Waals surface area contributed by atoms with E-state index in [9.17, 15) is 0 Å². The minimum absolute atomic E-state index is 0. The van der Waals surface area contributed by atoms with Crippen LogP contribution in [0.25, 0.3) is 0 Å². The third kappa shape index (κ3) is 161. The van der Waals surface area contributed by atoms with Crippen molar-refractivity contribution < 1.29 is 39.0 Å². The first-order valence-corrected chi connectivity index (χ1v) is 2.30. The van der Waals surface area contributed by atoms with Crippen LogP contribution < -0.4 is 29.6 Å². The van der Waals surface area contributed by atoms with Crippen molar-refractivity contribution >= 4 is 8.69 Å². The fourth-order valence-electron chi connectivity index (χ4n) is 0. The summed E-state index contributed by atoms with van der Waals surface area (Å²) in [6, 6.07) is 0. The van der Waals surface area contributed by atoms with Gasteiger partial charge in [-0.05, 0) is 0 Å². The Hall–Kier alpha value is 1.06. The van der Waals surface area contributed by atoms with Crippen LogP contribution in [0.5, 0.6) is 0 Å². The van der Waals surface area contributed by atoms with E-state index in [4.69, 9.17) is 9.46 Å². The van der Waals surface area contributed by atoms with Gasteiger partial charge in [0.05, 0.1) is 0 Å².